The number of aryl methyl sites for hydroxylation is 1. The number of anilines is 1. The Hall–Kier alpha value is -7.15. The molecule has 0 radical (unpaired) electrons. The number of esters is 1. The smallest absolute Gasteiger partial charge is 0.328 e. The molecule has 13 heteroatoms. The molecule has 1 amide bonds. The number of fused-ring (bicyclic) bond motifs is 1. The highest BCUT2D eigenvalue weighted by Crippen LogP contribution is 2.43. The molecule has 9 rings (SSSR count). The van der Waals surface area contributed by atoms with Crippen molar-refractivity contribution in [3.05, 3.63) is 207 Å². The number of hydrogen-bond donors (Lipinski definition) is 0. The maximum absolute atomic E-state index is 14.8. The van der Waals surface area contributed by atoms with Gasteiger partial charge in [-0.1, -0.05) is 164 Å². The average Bonchev–Trinajstić information content (AvgIpc) is 4.07. The molecule has 0 bridgehead atoms. The SMILES string of the molecule is CCCCc1nc(Cl)c(C(=O)N(c2ccccc2)[C@@H](C)C(=O)OCC)n1Cc1ccc2oc(-c3ccccc3-c3nnn(C(c4ccccc4)(c4ccccc4)c4ccccc4)n3)c(Br)c2c1. The van der Waals surface area contributed by atoms with Gasteiger partial charge < -0.3 is 13.7 Å². The first kappa shape index (κ1) is 45.0. The van der Waals surface area contributed by atoms with Gasteiger partial charge in [-0.3, -0.25) is 9.69 Å². The summed E-state index contributed by atoms with van der Waals surface area (Å²) in [4.78, 5) is 35.8. The molecule has 6 aromatic carbocycles. The van der Waals surface area contributed by atoms with Gasteiger partial charge in [-0.25, -0.2) is 9.78 Å². The highest BCUT2D eigenvalue weighted by atomic mass is 79.9. The number of imidazole rings is 1. The van der Waals surface area contributed by atoms with Crippen LogP contribution in [0, 0.1) is 0 Å². The molecule has 67 heavy (non-hydrogen) atoms. The van der Waals surface area contributed by atoms with Crippen LogP contribution in [0.4, 0.5) is 5.69 Å². The van der Waals surface area contributed by atoms with Crippen LogP contribution in [-0.2, 0) is 28.0 Å². The normalized spacial score (nSPS) is 12.0. The zero-order valence-corrected chi connectivity index (χ0v) is 39.6. The molecule has 3 heterocycles. The second kappa shape index (κ2) is 19.8. The Morgan fingerprint density at radius 1 is 0.791 bits per heavy atom. The Balaban J connectivity index is 1.11. The van der Waals surface area contributed by atoms with E-state index in [-0.39, 0.29) is 24.0 Å². The number of para-hydroxylation sites is 1. The van der Waals surface area contributed by atoms with Crippen LogP contribution >= 0.6 is 27.5 Å². The number of hydrogen-bond acceptors (Lipinski definition) is 8. The first-order chi connectivity index (χ1) is 32.7. The van der Waals surface area contributed by atoms with E-state index in [9.17, 15) is 9.59 Å². The van der Waals surface area contributed by atoms with Crippen LogP contribution < -0.4 is 4.90 Å². The molecule has 3 aromatic heterocycles. The molecular weight excluding hydrogens is 926 g/mol. The van der Waals surface area contributed by atoms with Gasteiger partial charge in [0.25, 0.3) is 5.91 Å². The van der Waals surface area contributed by atoms with E-state index in [0.717, 1.165) is 56.1 Å². The van der Waals surface area contributed by atoms with Crippen molar-refractivity contribution in [1.82, 2.24) is 29.8 Å². The lowest BCUT2D eigenvalue weighted by molar-refractivity contribution is -0.144. The van der Waals surface area contributed by atoms with Gasteiger partial charge in [-0.2, -0.15) is 0 Å². The van der Waals surface area contributed by atoms with E-state index in [1.54, 1.807) is 30.8 Å². The number of unbranched alkanes of at least 4 members (excludes halogenated alkanes) is 1. The molecule has 1 atom stereocenters. The molecule has 336 valence electrons. The van der Waals surface area contributed by atoms with Crippen LogP contribution in [0.3, 0.4) is 0 Å². The number of nitrogens with zero attached hydrogens (tertiary/aromatic N) is 7. The van der Waals surface area contributed by atoms with Crippen molar-refractivity contribution in [2.45, 2.75) is 58.2 Å². The van der Waals surface area contributed by atoms with Crippen molar-refractivity contribution in [2.75, 3.05) is 11.5 Å². The second-order valence-electron chi connectivity index (χ2n) is 16.1. The Morgan fingerprint density at radius 2 is 1.37 bits per heavy atom. The fourth-order valence-electron chi connectivity index (χ4n) is 8.75. The number of amides is 1. The van der Waals surface area contributed by atoms with Crippen molar-refractivity contribution in [3.8, 4) is 22.7 Å². The fourth-order valence-corrected chi connectivity index (χ4v) is 9.63. The number of aromatic nitrogens is 6. The summed E-state index contributed by atoms with van der Waals surface area (Å²) >= 11 is 10.8. The van der Waals surface area contributed by atoms with E-state index >= 15 is 0 Å². The van der Waals surface area contributed by atoms with Gasteiger partial charge in [0.1, 0.15) is 28.9 Å². The largest absolute Gasteiger partial charge is 0.464 e. The predicted octanol–water partition coefficient (Wildman–Crippen LogP) is 12.2. The number of carbonyl (C=O) groups is 2. The number of carbonyl (C=O) groups excluding carboxylic acids is 2. The Labute approximate surface area is 402 Å². The van der Waals surface area contributed by atoms with Crippen molar-refractivity contribution >= 4 is 56.1 Å². The van der Waals surface area contributed by atoms with Gasteiger partial charge in [0, 0.05) is 35.2 Å². The molecular formula is C54H47BrClN7O4. The van der Waals surface area contributed by atoms with Crippen molar-refractivity contribution < 1.29 is 18.7 Å². The Bertz CT molecular complexity index is 3060. The van der Waals surface area contributed by atoms with Crippen LogP contribution in [-0.4, -0.2) is 54.3 Å². The summed E-state index contributed by atoms with van der Waals surface area (Å²) in [7, 11) is 0. The lowest BCUT2D eigenvalue weighted by Crippen LogP contribution is -2.45. The van der Waals surface area contributed by atoms with Crippen molar-refractivity contribution in [3.63, 3.8) is 0 Å². The van der Waals surface area contributed by atoms with Gasteiger partial charge in [-0.15, -0.1) is 15.0 Å². The third-order valence-electron chi connectivity index (χ3n) is 12.0. The quantitative estimate of drug-likeness (QED) is 0.0693. The first-order valence-electron chi connectivity index (χ1n) is 22.3. The highest BCUT2D eigenvalue weighted by Gasteiger charge is 2.41. The summed E-state index contributed by atoms with van der Waals surface area (Å²) < 4.78 is 14.6. The van der Waals surface area contributed by atoms with Gasteiger partial charge in [0.15, 0.2) is 10.7 Å². The summed E-state index contributed by atoms with van der Waals surface area (Å²) in [6, 6.07) is 52.6. The molecule has 11 nitrogen and oxygen atoms in total. The summed E-state index contributed by atoms with van der Waals surface area (Å²) in [6.45, 7) is 5.94. The minimum absolute atomic E-state index is 0.0663. The summed E-state index contributed by atoms with van der Waals surface area (Å²) in [5.41, 5.74) is 5.74. The average molecular weight is 973 g/mol. The van der Waals surface area contributed by atoms with Crippen LogP contribution in [0.5, 0.6) is 0 Å². The van der Waals surface area contributed by atoms with E-state index < -0.39 is 23.5 Å². The number of tetrazole rings is 1. The number of benzene rings is 6. The number of furan rings is 1. The third kappa shape index (κ3) is 8.58. The molecule has 0 fully saturated rings. The monoisotopic (exact) mass is 971 g/mol. The maximum Gasteiger partial charge on any atom is 0.328 e. The first-order valence-corrected chi connectivity index (χ1v) is 23.5. The minimum Gasteiger partial charge on any atom is -0.464 e. The molecule has 0 spiro atoms. The Morgan fingerprint density at radius 3 is 1.97 bits per heavy atom. The van der Waals surface area contributed by atoms with E-state index in [1.165, 1.54) is 4.90 Å². The summed E-state index contributed by atoms with van der Waals surface area (Å²) in [5.74, 6) is 0.697. The molecule has 0 saturated carbocycles. The van der Waals surface area contributed by atoms with Crippen LogP contribution in [0.15, 0.2) is 173 Å². The number of ether oxygens (including phenoxy) is 1. The summed E-state index contributed by atoms with van der Waals surface area (Å²) in [6.07, 6.45) is 2.36. The number of halogens is 2. The van der Waals surface area contributed by atoms with Gasteiger partial charge in [0.05, 0.1) is 11.1 Å². The zero-order valence-electron chi connectivity index (χ0n) is 37.2. The predicted molar refractivity (Wildman–Crippen MR) is 265 cm³/mol. The molecule has 0 saturated heterocycles. The molecule has 0 aliphatic heterocycles. The van der Waals surface area contributed by atoms with E-state index in [0.29, 0.717) is 35.1 Å². The van der Waals surface area contributed by atoms with Crippen LogP contribution in [0.25, 0.3) is 33.7 Å². The standard InChI is InChI=1S/C54H47BrClN7O4/c1-4-6-31-46-57-50(56)48(52(64)62(36(3)53(65)66-5-2)41-27-17-10-18-28-41)61(46)35-37-32-33-45-44(34-37)47(55)49(67-45)42-29-19-20-30-43(42)51-58-60-63(59-51)54(38-21-11-7-12-22-38,39-23-13-8-14-24-39)40-25-15-9-16-26-40/h7-30,32-34,36H,4-6,31,35H2,1-3H3/t36-/m0/s1. The molecule has 9 aromatic rings. The second-order valence-corrected chi connectivity index (χ2v) is 17.3. The van der Waals surface area contributed by atoms with Gasteiger partial charge >= 0.3 is 5.97 Å². The lowest BCUT2D eigenvalue weighted by Gasteiger charge is -2.34. The molecule has 0 aliphatic carbocycles. The van der Waals surface area contributed by atoms with E-state index in [2.05, 4.69) is 59.3 Å². The van der Waals surface area contributed by atoms with E-state index in [4.69, 9.17) is 41.1 Å². The number of rotatable bonds is 16. The van der Waals surface area contributed by atoms with E-state index in [1.807, 2.05) is 120 Å². The maximum atomic E-state index is 14.8. The van der Waals surface area contributed by atoms with Crippen LogP contribution in [0.2, 0.25) is 5.15 Å². The highest BCUT2D eigenvalue weighted by molar-refractivity contribution is 9.10. The van der Waals surface area contributed by atoms with Gasteiger partial charge in [-0.05, 0) is 87.9 Å². The Kier molecular flexibility index (Phi) is 13.3. The van der Waals surface area contributed by atoms with Crippen molar-refractivity contribution in [1.29, 1.82) is 0 Å². The third-order valence-corrected chi connectivity index (χ3v) is 13.0. The van der Waals surface area contributed by atoms with Crippen molar-refractivity contribution in [2.24, 2.45) is 0 Å². The minimum atomic E-state index is -0.945. The molecule has 0 N–H and O–H groups in total. The lowest BCUT2D eigenvalue weighted by atomic mass is 9.77. The fraction of sp³-hybridized carbons (Fsp3) is 0.185. The van der Waals surface area contributed by atoms with Gasteiger partial charge in [0.2, 0.25) is 5.82 Å². The summed E-state index contributed by atoms with van der Waals surface area (Å²) in [5, 5.41) is 15.6. The zero-order chi connectivity index (χ0) is 46.5. The topological polar surface area (TPSA) is 121 Å². The van der Waals surface area contributed by atoms with Crippen LogP contribution in [0.1, 0.15) is 72.2 Å². The molecule has 0 aliphatic rings. The molecule has 0 unspecified atom stereocenters.